The van der Waals surface area contributed by atoms with Crippen LogP contribution >= 0.6 is 0 Å². The van der Waals surface area contributed by atoms with Crippen LogP contribution in [0.5, 0.6) is 0 Å². The minimum atomic E-state index is -0.318. The third-order valence-electron chi connectivity index (χ3n) is 7.77. The molecule has 1 N–H and O–H groups in total. The van der Waals surface area contributed by atoms with E-state index in [2.05, 4.69) is 27.1 Å². The van der Waals surface area contributed by atoms with Crippen LogP contribution in [0.3, 0.4) is 0 Å². The molecule has 0 saturated carbocycles. The predicted molar refractivity (Wildman–Crippen MR) is 152 cm³/mol. The number of allylic oxidation sites excluding steroid dienone is 1. The van der Waals surface area contributed by atoms with Crippen LogP contribution in [0.2, 0.25) is 0 Å². The maximum Gasteiger partial charge on any atom is 0.167 e. The van der Waals surface area contributed by atoms with Gasteiger partial charge in [-0.25, -0.2) is 4.39 Å². The van der Waals surface area contributed by atoms with Gasteiger partial charge in [0.1, 0.15) is 5.82 Å². The van der Waals surface area contributed by atoms with Gasteiger partial charge in [-0.1, -0.05) is 30.3 Å². The van der Waals surface area contributed by atoms with Crippen LogP contribution in [0.1, 0.15) is 50.8 Å². The minimum Gasteiger partial charge on any atom is -0.380 e. The number of pyridine rings is 1. The van der Waals surface area contributed by atoms with Crippen molar-refractivity contribution in [1.29, 1.82) is 0 Å². The SMILES string of the molecule is CC(=O)C1=Cc2cc(NCc3cc(CC(=O)c4ccc(CN5CCN(C)CC5)c(F)c4)ccc3C)cnc2C1. The predicted octanol–water partition coefficient (Wildman–Crippen LogP) is 4.84. The highest BCUT2D eigenvalue weighted by Gasteiger charge is 2.19. The molecule has 2 heterocycles. The number of nitrogens with zero attached hydrogens (tertiary/aromatic N) is 3. The van der Waals surface area contributed by atoms with Crippen LogP contribution in [0.4, 0.5) is 10.1 Å². The van der Waals surface area contributed by atoms with Gasteiger partial charge in [0, 0.05) is 68.8 Å². The van der Waals surface area contributed by atoms with Crippen molar-refractivity contribution in [2.45, 2.75) is 39.8 Å². The molecule has 1 aliphatic carbocycles. The molecule has 0 unspecified atom stereocenters. The van der Waals surface area contributed by atoms with E-state index >= 15 is 0 Å². The smallest absolute Gasteiger partial charge is 0.167 e. The first-order valence-corrected chi connectivity index (χ1v) is 13.5. The molecule has 0 bridgehead atoms. The summed E-state index contributed by atoms with van der Waals surface area (Å²) >= 11 is 0. The number of benzene rings is 2. The summed E-state index contributed by atoms with van der Waals surface area (Å²) in [4.78, 5) is 33.8. The summed E-state index contributed by atoms with van der Waals surface area (Å²) in [6, 6.07) is 12.9. The van der Waals surface area contributed by atoms with E-state index in [-0.39, 0.29) is 23.8 Å². The van der Waals surface area contributed by atoms with Gasteiger partial charge in [-0.05, 0) is 61.4 Å². The van der Waals surface area contributed by atoms with Crippen LogP contribution in [-0.4, -0.2) is 59.6 Å². The van der Waals surface area contributed by atoms with Gasteiger partial charge in [-0.2, -0.15) is 0 Å². The van der Waals surface area contributed by atoms with E-state index < -0.39 is 0 Å². The molecule has 7 heteroatoms. The largest absolute Gasteiger partial charge is 0.380 e. The molecule has 0 radical (unpaired) electrons. The average Bonchev–Trinajstić information content (AvgIpc) is 3.35. The number of hydrogen-bond donors (Lipinski definition) is 1. The fraction of sp³-hybridized carbons (Fsp3) is 0.344. The zero-order valence-electron chi connectivity index (χ0n) is 22.9. The van der Waals surface area contributed by atoms with E-state index in [1.165, 1.54) is 6.07 Å². The number of anilines is 1. The summed E-state index contributed by atoms with van der Waals surface area (Å²) in [5.41, 5.74) is 7.68. The Hall–Kier alpha value is -3.68. The molecule has 0 amide bonds. The van der Waals surface area contributed by atoms with Crippen molar-refractivity contribution in [1.82, 2.24) is 14.8 Å². The lowest BCUT2D eigenvalue weighted by Gasteiger charge is -2.32. The van der Waals surface area contributed by atoms with Crippen LogP contribution < -0.4 is 5.32 Å². The number of aromatic nitrogens is 1. The third kappa shape index (κ3) is 6.49. The Kier molecular flexibility index (Phi) is 8.00. The topological polar surface area (TPSA) is 65.5 Å². The van der Waals surface area contributed by atoms with Crippen molar-refractivity contribution < 1.29 is 14.0 Å². The quantitative estimate of drug-likeness (QED) is 0.403. The first-order chi connectivity index (χ1) is 18.7. The van der Waals surface area contributed by atoms with Gasteiger partial charge in [0.25, 0.3) is 0 Å². The zero-order valence-corrected chi connectivity index (χ0v) is 22.9. The van der Waals surface area contributed by atoms with E-state index in [1.54, 1.807) is 25.3 Å². The Morgan fingerprint density at radius 1 is 1.03 bits per heavy atom. The number of ketones is 2. The van der Waals surface area contributed by atoms with Crippen LogP contribution in [0.15, 0.2) is 54.2 Å². The Bertz CT molecular complexity index is 1440. The molecule has 1 saturated heterocycles. The van der Waals surface area contributed by atoms with Gasteiger partial charge < -0.3 is 10.2 Å². The first-order valence-electron chi connectivity index (χ1n) is 13.5. The molecule has 1 aromatic heterocycles. The number of fused-ring (bicyclic) bond motifs is 1. The normalized spacial score (nSPS) is 15.6. The summed E-state index contributed by atoms with van der Waals surface area (Å²) in [6.07, 6.45) is 4.50. The highest BCUT2D eigenvalue weighted by molar-refractivity contribution is 6.00. The van der Waals surface area contributed by atoms with Gasteiger partial charge in [-0.3, -0.25) is 19.5 Å². The summed E-state index contributed by atoms with van der Waals surface area (Å²) in [7, 11) is 2.10. The Morgan fingerprint density at radius 2 is 1.82 bits per heavy atom. The lowest BCUT2D eigenvalue weighted by atomic mass is 9.98. The molecule has 39 heavy (non-hydrogen) atoms. The highest BCUT2D eigenvalue weighted by Crippen LogP contribution is 2.26. The summed E-state index contributed by atoms with van der Waals surface area (Å²) in [5.74, 6) is -0.339. The molecule has 3 aromatic rings. The second-order valence-electron chi connectivity index (χ2n) is 10.8. The molecular weight excluding hydrogens is 491 g/mol. The molecule has 0 atom stereocenters. The van der Waals surface area contributed by atoms with Gasteiger partial charge >= 0.3 is 0 Å². The summed E-state index contributed by atoms with van der Waals surface area (Å²) in [5, 5.41) is 3.42. The van der Waals surface area contributed by atoms with Gasteiger partial charge in [0.05, 0.1) is 17.6 Å². The number of piperazine rings is 1. The zero-order chi connectivity index (χ0) is 27.5. The number of hydrogen-bond acceptors (Lipinski definition) is 6. The maximum absolute atomic E-state index is 14.9. The minimum absolute atomic E-state index is 0.0776. The molecule has 2 aliphatic rings. The monoisotopic (exact) mass is 526 g/mol. The number of Topliss-reactive ketones (excluding diaryl/α,β-unsaturated/α-hetero) is 2. The number of likely N-dealkylation sites (N-methyl/N-ethyl adjacent to an activating group) is 1. The van der Waals surface area contributed by atoms with Crippen LogP contribution in [0, 0.1) is 12.7 Å². The van der Waals surface area contributed by atoms with Crippen molar-refractivity contribution in [3.05, 3.63) is 99.1 Å². The molecular formula is C32H35FN4O2. The molecule has 1 aliphatic heterocycles. The number of carbonyl (C=O) groups excluding carboxylic acids is 2. The average molecular weight is 527 g/mol. The second-order valence-corrected chi connectivity index (χ2v) is 10.8. The van der Waals surface area contributed by atoms with Crippen molar-refractivity contribution in [3.63, 3.8) is 0 Å². The molecule has 202 valence electrons. The first kappa shape index (κ1) is 26.9. The number of halogens is 1. The highest BCUT2D eigenvalue weighted by atomic mass is 19.1. The van der Waals surface area contributed by atoms with Crippen LogP contribution in [-0.2, 0) is 30.7 Å². The van der Waals surface area contributed by atoms with Gasteiger partial charge in [-0.15, -0.1) is 0 Å². The van der Waals surface area contributed by atoms with Crippen molar-refractivity contribution in [2.75, 3.05) is 38.5 Å². The molecule has 1 fully saturated rings. The number of aryl methyl sites for hydroxylation is 1. The summed E-state index contributed by atoms with van der Waals surface area (Å²) < 4.78 is 14.9. The van der Waals surface area contributed by atoms with Gasteiger partial charge in [0.2, 0.25) is 0 Å². The summed E-state index contributed by atoms with van der Waals surface area (Å²) in [6.45, 7) is 8.57. The second kappa shape index (κ2) is 11.6. The lowest BCUT2D eigenvalue weighted by molar-refractivity contribution is -0.113. The molecule has 2 aromatic carbocycles. The molecule has 0 spiro atoms. The van der Waals surface area contributed by atoms with E-state index in [9.17, 15) is 14.0 Å². The Morgan fingerprint density at radius 3 is 2.56 bits per heavy atom. The van der Waals surface area contributed by atoms with E-state index in [0.717, 1.165) is 65.4 Å². The molecule has 6 nitrogen and oxygen atoms in total. The van der Waals surface area contributed by atoms with Crippen molar-refractivity contribution in [2.24, 2.45) is 0 Å². The van der Waals surface area contributed by atoms with E-state index in [4.69, 9.17) is 0 Å². The van der Waals surface area contributed by atoms with Crippen molar-refractivity contribution in [3.8, 4) is 0 Å². The number of rotatable bonds is 9. The maximum atomic E-state index is 14.9. The van der Waals surface area contributed by atoms with Crippen LogP contribution in [0.25, 0.3) is 6.08 Å². The standard InChI is InChI=1S/C32H35FN4O2/c1-21-4-5-23(12-28(21)18-34-29-15-27-14-26(22(2)38)17-31(27)35-19-29)13-32(39)24-6-7-25(30(33)16-24)20-37-10-8-36(3)9-11-37/h4-7,12,14-16,19,34H,8-11,13,17-18,20H2,1-3H3. The number of nitrogens with one attached hydrogen (secondary N) is 1. The van der Waals surface area contributed by atoms with E-state index in [1.807, 2.05) is 37.3 Å². The lowest BCUT2D eigenvalue weighted by Crippen LogP contribution is -2.44. The Labute approximate surface area is 229 Å². The van der Waals surface area contributed by atoms with Gasteiger partial charge in [0.15, 0.2) is 11.6 Å². The number of carbonyl (C=O) groups is 2. The van der Waals surface area contributed by atoms with E-state index in [0.29, 0.717) is 30.6 Å². The Balaban J connectivity index is 1.21. The fourth-order valence-electron chi connectivity index (χ4n) is 5.13. The third-order valence-corrected chi connectivity index (χ3v) is 7.77. The molecule has 5 rings (SSSR count). The fourth-order valence-corrected chi connectivity index (χ4v) is 5.13. The van der Waals surface area contributed by atoms with Crippen molar-refractivity contribution >= 4 is 23.3 Å².